The van der Waals surface area contributed by atoms with Gasteiger partial charge in [-0.25, -0.2) is 0 Å². The number of anilines is 1. The lowest BCUT2D eigenvalue weighted by Gasteiger charge is -2.35. The van der Waals surface area contributed by atoms with Crippen LogP contribution in [0.25, 0.3) is 11.3 Å². The highest BCUT2D eigenvalue weighted by atomic mass is 35.5. The number of aromatic amines is 1. The predicted molar refractivity (Wildman–Crippen MR) is 123 cm³/mol. The van der Waals surface area contributed by atoms with Crippen LogP contribution in [0, 0.1) is 6.92 Å². The summed E-state index contributed by atoms with van der Waals surface area (Å²) in [6.07, 6.45) is 1.67. The van der Waals surface area contributed by atoms with E-state index in [0.717, 1.165) is 42.8 Å². The van der Waals surface area contributed by atoms with Crippen molar-refractivity contribution in [2.24, 2.45) is 0 Å². The predicted octanol–water partition coefficient (Wildman–Crippen LogP) is 5.74. The van der Waals surface area contributed by atoms with Gasteiger partial charge in [-0.05, 0) is 63.2 Å². The Morgan fingerprint density at radius 2 is 1.70 bits per heavy atom. The van der Waals surface area contributed by atoms with Crippen LogP contribution in [0.1, 0.15) is 28.9 Å². The van der Waals surface area contributed by atoms with Gasteiger partial charge < -0.3 is 10.2 Å². The third kappa shape index (κ3) is 4.21. The topological polar surface area (TPSA) is 61.0 Å². The molecule has 0 bridgehead atoms. The molecule has 1 aromatic heterocycles. The second-order valence-electron chi connectivity index (χ2n) is 7.33. The van der Waals surface area contributed by atoms with Gasteiger partial charge in [0.2, 0.25) is 0 Å². The van der Waals surface area contributed by atoms with Crippen molar-refractivity contribution in [1.82, 2.24) is 15.5 Å². The smallest absolute Gasteiger partial charge is 0.276 e. The Balaban J connectivity index is 1.74. The molecule has 0 radical (unpaired) electrons. The van der Waals surface area contributed by atoms with Crippen molar-refractivity contribution in [3.63, 3.8) is 0 Å². The summed E-state index contributed by atoms with van der Waals surface area (Å²) in [6.45, 7) is 3.58. The fraction of sp³-hybridized carbons (Fsp3) is 0.273. The van der Waals surface area contributed by atoms with Crippen LogP contribution in [0.4, 0.5) is 5.69 Å². The van der Waals surface area contributed by atoms with Gasteiger partial charge in [-0.1, -0.05) is 46.9 Å². The normalized spacial score (nSPS) is 14.7. The fourth-order valence-corrected chi connectivity index (χ4v) is 4.45. The minimum atomic E-state index is -0.156. The van der Waals surface area contributed by atoms with Crippen molar-refractivity contribution in [3.8, 4) is 11.3 Å². The first-order chi connectivity index (χ1) is 14.5. The average molecular weight is 464 g/mol. The van der Waals surface area contributed by atoms with Crippen molar-refractivity contribution in [3.05, 3.63) is 68.8 Å². The van der Waals surface area contributed by atoms with E-state index >= 15 is 0 Å². The first kappa shape index (κ1) is 21.2. The first-order valence-electron chi connectivity index (χ1n) is 9.76. The summed E-state index contributed by atoms with van der Waals surface area (Å²) in [4.78, 5) is 15.5. The zero-order valence-electron chi connectivity index (χ0n) is 16.4. The Bertz CT molecular complexity index is 1060. The van der Waals surface area contributed by atoms with Gasteiger partial charge >= 0.3 is 0 Å². The van der Waals surface area contributed by atoms with Crippen LogP contribution in [0.3, 0.4) is 0 Å². The molecule has 2 heterocycles. The highest BCUT2D eigenvalue weighted by Gasteiger charge is 2.31. The lowest BCUT2D eigenvalue weighted by Crippen LogP contribution is -2.46. The number of aromatic nitrogens is 2. The van der Waals surface area contributed by atoms with Gasteiger partial charge in [0, 0.05) is 27.2 Å². The van der Waals surface area contributed by atoms with E-state index in [9.17, 15) is 4.79 Å². The zero-order chi connectivity index (χ0) is 21.3. The van der Waals surface area contributed by atoms with Crippen molar-refractivity contribution in [1.29, 1.82) is 0 Å². The lowest BCUT2D eigenvalue weighted by atomic mass is 10.0. The van der Waals surface area contributed by atoms with E-state index in [2.05, 4.69) is 15.5 Å². The van der Waals surface area contributed by atoms with Crippen LogP contribution in [0.15, 0.2) is 42.5 Å². The number of hydrogen-bond acceptors (Lipinski definition) is 3. The Morgan fingerprint density at radius 1 is 1.03 bits per heavy atom. The van der Waals surface area contributed by atoms with E-state index in [-0.39, 0.29) is 11.9 Å². The van der Waals surface area contributed by atoms with Gasteiger partial charge in [0.25, 0.3) is 5.91 Å². The highest BCUT2D eigenvalue weighted by Crippen LogP contribution is 2.34. The van der Waals surface area contributed by atoms with Crippen LogP contribution in [-0.4, -0.2) is 35.2 Å². The van der Waals surface area contributed by atoms with Gasteiger partial charge in [-0.15, -0.1) is 0 Å². The molecule has 156 valence electrons. The number of hydrogen-bond donors (Lipinski definition) is 2. The number of benzene rings is 2. The average Bonchev–Trinajstić information content (AvgIpc) is 3.12. The minimum Gasteiger partial charge on any atom is -0.317 e. The van der Waals surface area contributed by atoms with Crippen LogP contribution in [0.2, 0.25) is 15.1 Å². The third-order valence-corrected chi connectivity index (χ3v) is 6.19. The molecular formula is C22H21Cl3N4O. The molecule has 1 fully saturated rings. The maximum absolute atomic E-state index is 13.7. The van der Waals surface area contributed by atoms with Gasteiger partial charge in [0.05, 0.1) is 16.4 Å². The van der Waals surface area contributed by atoms with E-state index < -0.39 is 0 Å². The van der Waals surface area contributed by atoms with Gasteiger partial charge in [-0.3, -0.25) is 9.89 Å². The molecule has 4 rings (SSSR count). The van der Waals surface area contributed by atoms with Crippen LogP contribution < -0.4 is 10.2 Å². The van der Waals surface area contributed by atoms with E-state index in [1.165, 1.54) is 0 Å². The second-order valence-corrected chi connectivity index (χ2v) is 8.61. The number of carbonyl (C=O) groups excluding carboxylic acids is 1. The van der Waals surface area contributed by atoms with E-state index in [4.69, 9.17) is 34.8 Å². The SMILES string of the molecule is Cc1c(-c2ccc(Cl)cc2)n[nH]c1C(=O)N(c1ccc(Cl)cc1Cl)C1CCNCC1. The molecule has 2 aromatic carbocycles. The Kier molecular flexibility index (Phi) is 6.34. The summed E-state index contributed by atoms with van der Waals surface area (Å²) < 4.78 is 0. The van der Waals surface area contributed by atoms with Crippen LogP contribution in [0.5, 0.6) is 0 Å². The molecule has 3 aromatic rings. The van der Waals surface area contributed by atoms with E-state index in [0.29, 0.717) is 26.4 Å². The molecule has 0 atom stereocenters. The Hall–Kier alpha value is -2.05. The van der Waals surface area contributed by atoms with Crippen molar-refractivity contribution in [2.75, 3.05) is 18.0 Å². The molecule has 0 aliphatic carbocycles. The monoisotopic (exact) mass is 462 g/mol. The molecule has 0 spiro atoms. The number of rotatable bonds is 4. The number of nitrogens with zero attached hydrogens (tertiary/aromatic N) is 2. The molecule has 30 heavy (non-hydrogen) atoms. The minimum absolute atomic E-state index is 0.0270. The molecule has 1 saturated heterocycles. The summed E-state index contributed by atoms with van der Waals surface area (Å²) in [5.41, 5.74) is 3.50. The molecule has 1 aliphatic heterocycles. The molecule has 8 heteroatoms. The van der Waals surface area contributed by atoms with Crippen molar-refractivity contribution < 1.29 is 4.79 Å². The maximum atomic E-state index is 13.7. The van der Waals surface area contributed by atoms with Crippen molar-refractivity contribution >= 4 is 46.4 Å². The standard InChI is InChI=1S/C22H21Cl3N4O/c1-13-20(14-2-4-15(23)5-3-14)27-28-21(13)22(30)29(17-8-10-26-11-9-17)19-7-6-16(24)12-18(19)25/h2-7,12,17,26H,8-11H2,1H3,(H,27,28). The first-order valence-corrected chi connectivity index (χ1v) is 10.9. The molecule has 2 N–H and O–H groups in total. The number of piperidine rings is 1. The summed E-state index contributed by atoms with van der Waals surface area (Å²) in [5.74, 6) is -0.156. The second kappa shape index (κ2) is 8.98. The number of H-pyrrole nitrogens is 1. The van der Waals surface area contributed by atoms with Gasteiger partial charge in [0.1, 0.15) is 5.69 Å². The molecule has 0 unspecified atom stereocenters. The summed E-state index contributed by atoms with van der Waals surface area (Å²) in [5, 5.41) is 12.3. The van der Waals surface area contributed by atoms with Crippen LogP contribution in [-0.2, 0) is 0 Å². The number of nitrogens with one attached hydrogen (secondary N) is 2. The zero-order valence-corrected chi connectivity index (χ0v) is 18.7. The van der Waals surface area contributed by atoms with E-state index in [1.807, 2.05) is 19.1 Å². The molecule has 1 aliphatic rings. The van der Waals surface area contributed by atoms with E-state index in [1.54, 1.807) is 35.2 Å². The molecular weight excluding hydrogens is 443 g/mol. The number of carbonyl (C=O) groups is 1. The van der Waals surface area contributed by atoms with Gasteiger partial charge in [-0.2, -0.15) is 5.10 Å². The summed E-state index contributed by atoms with van der Waals surface area (Å²) in [7, 11) is 0. The van der Waals surface area contributed by atoms with Gasteiger partial charge in [0.15, 0.2) is 0 Å². The quantitative estimate of drug-likeness (QED) is 0.518. The summed E-state index contributed by atoms with van der Waals surface area (Å²) >= 11 is 18.6. The fourth-order valence-electron chi connectivity index (χ4n) is 3.83. The van der Waals surface area contributed by atoms with Crippen LogP contribution >= 0.6 is 34.8 Å². The maximum Gasteiger partial charge on any atom is 0.276 e. The molecule has 0 saturated carbocycles. The largest absolute Gasteiger partial charge is 0.317 e. The third-order valence-electron chi connectivity index (χ3n) is 5.40. The van der Waals surface area contributed by atoms with Crippen molar-refractivity contribution in [2.45, 2.75) is 25.8 Å². The molecule has 1 amide bonds. The number of amides is 1. The Morgan fingerprint density at radius 3 is 2.37 bits per heavy atom. The number of halogens is 3. The Labute approximate surface area is 190 Å². The molecule has 5 nitrogen and oxygen atoms in total. The summed E-state index contributed by atoms with van der Waals surface area (Å²) in [6, 6.07) is 12.6. The lowest BCUT2D eigenvalue weighted by molar-refractivity contribution is 0.0966. The highest BCUT2D eigenvalue weighted by molar-refractivity contribution is 6.37.